The van der Waals surface area contributed by atoms with Crippen molar-refractivity contribution < 1.29 is 4.74 Å². The van der Waals surface area contributed by atoms with Crippen molar-refractivity contribution >= 4 is 5.69 Å². The summed E-state index contributed by atoms with van der Waals surface area (Å²) in [6, 6.07) is 8.33. The summed E-state index contributed by atoms with van der Waals surface area (Å²) in [4.78, 5) is 0. The molecule has 1 heterocycles. The van der Waals surface area contributed by atoms with E-state index in [-0.39, 0.29) is 0 Å². The molecule has 0 radical (unpaired) electrons. The van der Waals surface area contributed by atoms with Crippen LogP contribution >= 0.6 is 0 Å². The number of hydrogen-bond acceptors (Lipinski definition) is 5. The van der Waals surface area contributed by atoms with Gasteiger partial charge in [-0.05, 0) is 42.0 Å². The molecular weight excluding hydrogens is 230 g/mol. The summed E-state index contributed by atoms with van der Waals surface area (Å²) < 4.78 is 6.69. The lowest BCUT2D eigenvalue weighted by Crippen LogP contribution is -2.17. The number of benzene rings is 1. The van der Waals surface area contributed by atoms with E-state index in [1.807, 2.05) is 24.3 Å². The molecule has 0 aliphatic carbocycles. The zero-order valence-corrected chi connectivity index (χ0v) is 10.6. The molecule has 0 spiro atoms. The number of rotatable bonds is 6. The van der Waals surface area contributed by atoms with Gasteiger partial charge in [0.25, 0.3) is 0 Å². The topological polar surface area (TPSA) is 64.9 Å². The van der Waals surface area contributed by atoms with Gasteiger partial charge >= 0.3 is 0 Å². The standard InChI is InChI=1S/C12H17N5O/c1-10(6-7-18-2)14-11-4-3-5-12(8-11)17-9-13-15-16-17/h3-5,8-10,14H,6-7H2,1-2H3. The number of hydrogen-bond donors (Lipinski definition) is 1. The van der Waals surface area contributed by atoms with E-state index in [1.54, 1.807) is 18.1 Å². The summed E-state index contributed by atoms with van der Waals surface area (Å²) in [6.07, 6.45) is 2.54. The van der Waals surface area contributed by atoms with E-state index < -0.39 is 0 Å². The Bertz CT molecular complexity index is 471. The number of aromatic nitrogens is 4. The van der Waals surface area contributed by atoms with Gasteiger partial charge in [0.1, 0.15) is 6.33 Å². The van der Waals surface area contributed by atoms with E-state index in [0.29, 0.717) is 6.04 Å². The average molecular weight is 247 g/mol. The zero-order valence-electron chi connectivity index (χ0n) is 10.6. The number of ether oxygens (including phenoxy) is 1. The average Bonchev–Trinajstić information content (AvgIpc) is 2.90. The van der Waals surface area contributed by atoms with Crippen molar-refractivity contribution in [2.24, 2.45) is 0 Å². The number of anilines is 1. The predicted octanol–water partition coefficient (Wildman–Crippen LogP) is 1.50. The third-order valence-corrected chi connectivity index (χ3v) is 2.63. The Morgan fingerprint density at radius 2 is 2.33 bits per heavy atom. The van der Waals surface area contributed by atoms with Crippen molar-refractivity contribution in [1.29, 1.82) is 0 Å². The number of tetrazole rings is 1. The van der Waals surface area contributed by atoms with Crippen LogP contribution in [0.15, 0.2) is 30.6 Å². The van der Waals surface area contributed by atoms with Crippen molar-refractivity contribution in [3.8, 4) is 5.69 Å². The fourth-order valence-corrected chi connectivity index (χ4v) is 1.67. The van der Waals surface area contributed by atoms with Gasteiger partial charge in [0.2, 0.25) is 0 Å². The summed E-state index contributed by atoms with van der Waals surface area (Å²) in [6.45, 7) is 2.88. The van der Waals surface area contributed by atoms with E-state index in [2.05, 4.69) is 27.8 Å². The van der Waals surface area contributed by atoms with Crippen LogP contribution in [0.5, 0.6) is 0 Å². The minimum absolute atomic E-state index is 0.356. The molecule has 1 unspecified atom stereocenters. The van der Waals surface area contributed by atoms with Crippen molar-refractivity contribution in [3.05, 3.63) is 30.6 Å². The Balaban J connectivity index is 2.03. The molecule has 2 rings (SSSR count). The fraction of sp³-hybridized carbons (Fsp3) is 0.417. The van der Waals surface area contributed by atoms with Crippen LogP contribution in [-0.4, -0.2) is 40.0 Å². The third kappa shape index (κ3) is 3.27. The Kier molecular flexibility index (Phi) is 4.25. The van der Waals surface area contributed by atoms with E-state index in [0.717, 1.165) is 24.4 Å². The first-order valence-corrected chi connectivity index (χ1v) is 5.88. The van der Waals surface area contributed by atoms with Crippen molar-refractivity contribution in [1.82, 2.24) is 20.2 Å². The SMILES string of the molecule is COCCC(C)Nc1cccc(-n2cnnn2)c1. The molecule has 0 aliphatic heterocycles. The highest BCUT2D eigenvalue weighted by Gasteiger charge is 2.03. The van der Waals surface area contributed by atoms with E-state index in [4.69, 9.17) is 4.74 Å². The second-order valence-corrected chi connectivity index (χ2v) is 4.13. The second-order valence-electron chi connectivity index (χ2n) is 4.13. The van der Waals surface area contributed by atoms with Crippen LogP contribution in [0.2, 0.25) is 0 Å². The smallest absolute Gasteiger partial charge is 0.143 e. The first kappa shape index (κ1) is 12.5. The molecule has 1 atom stereocenters. The van der Waals surface area contributed by atoms with E-state index in [1.165, 1.54) is 0 Å². The molecule has 6 nitrogen and oxygen atoms in total. The van der Waals surface area contributed by atoms with Crippen LogP contribution < -0.4 is 5.32 Å². The molecule has 1 N–H and O–H groups in total. The van der Waals surface area contributed by atoms with Gasteiger partial charge in [0.05, 0.1) is 5.69 Å². The highest BCUT2D eigenvalue weighted by atomic mass is 16.5. The summed E-state index contributed by atoms with van der Waals surface area (Å²) in [5.41, 5.74) is 1.98. The van der Waals surface area contributed by atoms with Gasteiger partial charge in [-0.2, -0.15) is 0 Å². The molecular formula is C12H17N5O. The van der Waals surface area contributed by atoms with Crippen LogP contribution in [0.3, 0.4) is 0 Å². The monoisotopic (exact) mass is 247 g/mol. The van der Waals surface area contributed by atoms with Gasteiger partial charge in [-0.15, -0.1) is 5.10 Å². The maximum absolute atomic E-state index is 5.06. The largest absolute Gasteiger partial charge is 0.385 e. The number of nitrogens with one attached hydrogen (secondary N) is 1. The lowest BCUT2D eigenvalue weighted by atomic mass is 10.2. The zero-order chi connectivity index (χ0) is 12.8. The van der Waals surface area contributed by atoms with Gasteiger partial charge in [-0.25, -0.2) is 4.68 Å². The Morgan fingerprint density at radius 1 is 1.44 bits per heavy atom. The Hall–Kier alpha value is -1.95. The minimum atomic E-state index is 0.356. The first-order valence-electron chi connectivity index (χ1n) is 5.88. The Labute approximate surface area is 106 Å². The predicted molar refractivity (Wildman–Crippen MR) is 68.7 cm³/mol. The molecule has 0 saturated heterocycles. The highest BCUT2D eigenvalue weighted by Crippen LogP contribution is 2.14. The molecule has 0 saturated carbocycles. The van der Waals surface area contributed by atoms with Crippen molar-refractivity contribution in [3.63, 3.8) is 0 Å². The third-order valence-electron chi connectivity index (χ3n) is 2.63. The summed E-state index contributed by atoms with van der Waals surface area (Å²) in [5.74, 6) is 0. The van der Waals surface area contributed by atoms with E-state index >= 15 is 0 Å². The van der Waals surface area contributed by atoms with Gasteiger partial charge in [0.15, 0.2) is 0 Å². The highest BCUT2D eigenvalue weighted by molar-refractivity contribution is 5.51. The molecule has 0 amide bonds. The molecule has 6 heteroatoms. The fourth-order valence-electron chi connectivity index (χ4n) is 1.67. The number of methoxy groups -OCH3 is 1. The lowest BCUT2D eigenvalue weighted by molar-refractivity contribution is 0.191. The van der Waals surface area contributed by atoms with Gasteiger partial charge < -0.3 is 10.1 Å². The van der Waals surface area contributed by atoms with Gasteiger partial charge in [0, 0.05) is 25.4 Å². The lowest BCUT2D eigenvalue weighted by Gasteiger charge is -2.15. The molecule has 96 valence electrons. The van der Waals surface area contributed by atoms with Crippen molar-refractivity contribution in [2.75, 3.05) is 19.0 Å². The van der Waals surface area contributed by atoms with Gasteiger partial charge in [-0.1, -0.05) is 6.07 Å². The summed E-state index contributed by atoms with van der Waals surface area (Å²) in [5, 5.41) is 14.5. The van der Waals surface area contributed by atoms with Gasteiger partial charge in [-0.3, -0.25) is 0 Å². The first-order chi connectivity index (χ1) is 8.79. The minimum Gasteiger partial charge on any atom is -0.385 e. The molecule has 1 aromatic carbocycles. The molecule has 1 aromatic heterocycles. The maximum Gasteiger partial charge on any atom is 0.143 e. The molecule has 0 fully saturated rings. The molecule has 0 bridgehead atoms. The van der Waals surface area contributed by atoms with Crippen LogP contribution in [0.25, 0.3) is 5.69 Å². The number of nitrogens with zero attached hydrogens (tertiary/aromatic N) is 4. The second kappa shape index (κ2) is 6.11. The Morgan fingerprint density at radius 3 is 3.06 bits per heavy atom. The molecule has 2 aromatic rings. The van der Waals surface area contributed by atoms with Crippen LogP contribution in [0.1, 0.15) is 13.3 Å². The van der Waals surface area contributed by atoms with Crippen LogP contribution in [0.4, 0.5) is 5.69 Å². The molecule has 18 heavy (non-hydrogen) atoms. The van der Waals surface area contributed by atoms with E-state index in [9.17, 15) is 0 Å². The summed E-state index contributed by atoms with van der Waals surface area (Å²) in [7, 11) is 1.71. The van der Waals surface area contributed by atoms with Crippen LogP contribution in [-0.2, 0) is 4.74 Å². The normalized spacial score (nSPS) is 12.3. The quantitative estimate of drug-likeness (QED) is 0.838. The van der Waals surface area contributed by atoms with Crippen molar-refractivity contribution in [2.45, 2.75) is 19.4 Å². The van der Waals surface area contributed by atoms with Crippen LogP contribution in [0, 0.1) is 0 Å². The summed E-state index contributed by atoms with van der Waals surface area (Å²) >= 11 is 0. The molecule has 0 aliphatic rings. The maximum atomic E-state index is 5.06.